The molecular formula is C19H28N4O. The molecule has 1 N–H and O–H groups in total. The Morgan fingerprint density at radius 2 is 2.04 bits per heavy atom. The van der Waals surface area contributed by atoms with Crippen LogP contribution in [0.15, 0.2) is 6.07 Å². The Labute approximate surface area is 143 Å². The van der Waals surface area contributed by atoms with Crippen LogP contribution in [-0.4, -0.2) is 26.7 Å². The van der Waals surface area contributed by atoms with E-state index in [2.05, 4.69) is 31.2 Å². The normalized spacial score (nSPS) is 21.4. The maximum Gasteiger partial charge on any atom is 0.252 e. The predicted molar refractivity (Wildman–Crippen MR) is 96.2 cm³/mol. The first-order chi connectivity index (χ1) is 11.4. The van der Waals surface area contributed by atoms with Gasteiger partial charge in [-0.2, -0.15) is 5.10 Å². The summed E-state index contributed by atoms with van der Waals surface area (Å²) in [4.78, 5) is 17.8. The highest BCUT2D eigenvalue weighted by molar-refractivity contribution is 6.06. The number of nitrogens with zero attached hydrogens (tertiary/aromatic N) is 3. The number of carbonyl (C=O) groups excluding carboxylic acids is 1. The molecule has 0 spiro atoms. The van der Waals surface area contributed by atoms with Gasteiger partial charge in [-0.3, -0.25) is 9.48 Å². The lowest BCUT2D eigenvalue weighted by Gasteiger charge is -2.29. The van der Waals surface area contributed by atoms with Crippen molar-refractivity contribution in [3.63, 3.8) is 0 Å². The number of carbonyl (C=O) groups is 1. The summed E-state index contributed by atoms with van der Waals surface area (Å²) in [6.07, 6.45) is 4.74. The maximum absolute atomic E-state index is 13.0. The average Bonchev–Trinajstić information content (AvgIpc) is 2.83. The zero-order valence-electron chi connectivity index (χ0n) is 15.4. The zero-order valence-corrected chi connectivity index (χ0v) is 15.4. The van der Waals surface area contributed by atoms with Gasteiger partial charge in [0.1, 0.15) is 0 Å². The third-order valence-electron chi connectivity index (χ3n) is 5.25. The van der Waals surface area contributed by atoms with Crippen LogP contribution >= 0.6 is 0 Å². The van der Waals surface area contributed by atoms with E-state index in [1.54, 1.807) is 4.68 Å². The molecule has 1 aliphatic carbocycles. The molecule has 0 saturated heterocycles. The van der Waals surface area contributed by atoms with Gasteiger partial charge in [0.15, 0.2) is 5.65 Å². The Bertz CT molecular complexity index is 762. The van der Waals surface area contributed by atoms with Crippen LogP contribution in [0, 0.1) is 12.8 Å². The van der Waals surface area contributed by atoms with Gasteiger partial charge in [0.25, 0.3) is 5.91 Å². The van der Waals surface area contributed by atoms with Crippen LogP contribution in [0.3, 0.4) is 0 Å². The Kier molecular flexibility index (Phi) is 4.61. The van der Waals surface area contributed by atoms with E-state index < -0.39 is 0 Å². The Morgan fingerprint density at radius 3 is 2.71 bits per heavy atom. The topological polar surface area (TPSA) is 59.8 Å². The van der Waals surface area contributed by atoms with Crippen molar-refractivity contribution in [1.82, 2.24) is 20.1 Å². The van der Waals surface area contributed by atoms with E-state index in [0.717, 1.165) is 28.8 Å². The minimum absolute atomic E-state index is 0.0131. The first kappa shape index (κ1) is 16.9. The Hall–Kier alpha value is -1.91. The Morgan fingerprint density at radius 1 is 1.33 bits per heavy atom. The van der Waals surface area contributed by atoms with E-state index in [0.29, 0.717) is 11.5 Å². The van der Waals surface area contributed by atoms with Gasteiger partial charge < -0.3 is 5.32 Å². The highest BCUT2D eigenvalue weighted by Crippen LogP contribution is 2.27. The number of fused-ring (bicyclic) bond motifs is 1. The molecule has 1 amide bonds. The number of aryl methyl sites for hydroxylation is 2. The van der Waals surface area contributed by atoms with Crippen LogP contribution in [-0.2, 0) is 7.05 Å². The smallest absolute Gasteiger partial charge is 0.252 e. The molecule has 0 aliphatic heterocycles. The molecule has 0 bridgehead atoms. The molecule has 1 aliphatic rings. The molecule has 2 heterocycles. The molecule has 0 aromatic carbocycles. The van der Waals surface area contributed by atoms with Gasteiger partial charge in [-0.25, -0.2) is 4.98 Å². The predicted octanol–water partition coefficient (Wildman–Crippen LogP) is 3.71. The molecular weight excluding hydrogens is 300 g/mol. The minimum atomic E-state index is 0.0131. The maximum atomic E-state index is 13.0. The fourth-order valence-electron chi connectivity index (χ4n) is 3.72. The molecule has 3 rings (SSSR count). The number of nitrogens with one attached hydrogen (secondary N) is 1. The van der Waals surface area contributed by atoms with Crippen molar-refractivity contribution in [2.24, 2.45) is 13.0 Å². The van der Waals surface area contributed by atoms with Crippen molar-refractivity contribution < 1.29 is 4.79 Å². The van der Waals surface area contributed by atoms with Gasteiger partial charge in [0.05, 0.1) is 16.6 Å². The molecule has 2 unspecified atom stereocenters. The second-order valence-electron chi connectivity index (χ2n) is 7.50. The largest absolute Gasteiger partial charge is 0.349 e. The lowest BCUT2D eigenvalue weighted by molar-refractivity contribution is 0.0911. The van der Waals surface area contributed by atoms with E-state index in [1.165, 1.54) is 19.3 Å². The van der Waals surface area contributed by atoms with Crippen LogP contribution in [0.25, 0.3) is 11.0 Å². The van der Waals surface area contributed by atoms with Crippen molar-refractivity contribution in [2.75, 3.05) is 0 Å². The van der Waals surface area contributed by atoms with Crippen molar-refractivity contribution >= 4 is 16.9 Å². The monoisotopic (exact) mass is 328 g/mol. The SMILES string of the molecule is Cc1nn(C)c2nc(C(C)C)cc(C(=O)NC3CCCCC3C)c12. The van der Waals surface area contributed by atoms with Crippen molar-refractivity contribution in [3.05, 3.63) is 23.0 Å². The third-order valence-corrected chi connectivity index (χ3v) is 5.25. The van der Waals surface area contributed by atoms with E-state index in [4.69, 9.17) is 4.98 Å². The third kappa shape index (κ3) is 3.04. The highest BCUT2D eigenvalue weighted by Gasteiger charge is 2.25. The van der Waals surface area contributed by atoms with Crippen molar-refractivity contribution in [2.45, 2.75) is 65.3 Å². The molecule has 2 aromatic rings. The summed E-state index contributed by atoms with van der Waals surface area (Å²) in [5, 5.41) is 8.62. The van der Waals surface area contributed by atoms with Crippen molar-refractivity contribution in [1.29, 1.82) is 0 Å². The second kappa shape index (κ2) is 6.54. The number of aromatic nitrogens is 3. The van der Waals surface area contributed by atoms with Crippen LogP contribution in [0.5, 0.6) is 0 Å². The van der Waals surface area contributed by atoms with Gasteiger partial charge in [0.2, 0.25) is 0 Å². The lowest BCUT2D eigenvalue weighted by atomic mass is 9.86. The van der Waals surface area contributed by atoms with E-state index in [9.17, 15) is 4.79 Å². The standard InChI is InChI=1S/C19H28N4O/c1-11(2)16-10-14(17-13(4)22-23(5)18(17)20-16)19(24)21-15-9-7-6-8-12(15)3/h10-12,15H,6-9H2,1-5H3,(H,21,24). The summed E-state index contributed by atoms with van der Waals surface area (Å²) in [7, 11) is 1.89. The quantitative estimate of drug-likeness (QED) is 0.934. The summed E-state index contributed by atoms with van der Waals surface area (Å²) in [5.74, 6) is 0.823. The molecule has 1 saturated carbocycles. The number of hydrogen-bond acceptors (Lipinski definition) is 3. The molecule has 2 atom stereocenters. The summed E-state index contributed by atoms with van der Waals surface area (Å²) in [6, 6.07) is 2.22. The summed E-state index contributed by atoms with van der Waals surface area (Å²) in [6.45, 7) is 8.38. The molecule has 1 fully saturated rings. The fourth-order valence-corrected chi connectivity index (χ4v) is 3.72. The van der Waals surface area contributed by atoms with Crippen LogP contribution in [0.4, 0.5) is 0 Å². The Balaban J connectivity index is 2.02. The first-order valence-corrected chi connectivity index (χ1v) is 9.03. The van der Waals surface area contributed by atoms with E-state index in [-0.39, 0.29) is 17.9 Å². The van der Waals surface area contributed by atoms with E-state index in [1.807, 2.05) is 20.0 Å². The minimum Gasteiger partial charge on any atom is -0.349 e. The van der Waals surface area contributed by atoms with Gasteiger partial charge in [-0.15, -0.1) is 0 Å². The fraction of sp³-hybridized carbons (Fsp3) is 0.632. The van der Waals surface area contributed by atoms with Crippen LogP contribution < -0.4 is 5.32 Å². The molecule has 2 aromatic heterocycles. The van der Waals surface area contributed by atoms with Gasteiger partial charge in [-0.1, -0.05) is 33.6 Å². The molecule has 24 heavy (non-hydrogen) atoms. The summed E-state index contributed by atoms with van der Waals surface area (Å²) >= 11 is 0. The number of pyridine rings is 1. The van der Waals surface area contributed by atoms with Crippen LogP contribution in [0.2, 0.25) is 0 Å². The number of amides is 1. The number of hydrogen-bond donors (Lipinski definition) is 1. The first-order valence-electron chi connectivity index (χ1n) is 9.03. The van der Waals surface area contributed by atoms with Crippen molar-refractivity contribution in [3.8, 4) is 0 Å². The van der Waals surface area contributed by atoms with Gasteiger partial charge in [0, 0.05) is 18.8 Å². The second-order valence-corrected chi connectivity index (χ2v) is 7.50. The number of rotatable bonds is 3. The van der Waals surface area contributed by atoms with Gasteiger partial charge >= 0.3 is 0 Å². The van der Waals surface area contributed by atoms with Crippen LogP contribution in [0.1, 0.15) is 74.1 Å². The molecule has 5 nitrogen and oxygen atoms in total. The molecule has 0 radical (unpaired) electrons. The molecule has 130 valence electrons. The van der Waals surface area contributed by atoms with Gasteiger partial charge in [-0.05, 0) is 37.7 Å². The summed E-state index contributed by atoms with van der Waals surface area (Å²) in [5.41, 5.74) is 3.30. The summed E-state index contributed by atoms with van der Waals surface area (Å²) < 4.78 is 1.77. The van der Waals surface area contributed by atoms with E-state index >= 15 is 0 Å². The molecule has 5 heteroatoms. The highest BCUT2D eigenvalue weighted by atomic mass is 16.1. The average molecular weight is 328 g/mol. The lowest BCUT2D eigenvalue weighted by Crippen LogP contribution is -2.41. The zero-order chi connectivity index (χ0) is 17.4.